The van der Waals surface area contributed by atoms with Gasteiger partial charge in [-0.2, -0.15) is 0 Å². The highest BCUT2D eigenvalue weighted by Crippen LogP contribution is 2.35. The Kier molecular flexibility index (Phi) is 2.60. The van der Waals surface area contributed by atoms with Gasteiger partial charge in [0.1, 0.15) is 0 Å². The van der Waals surface area contributed by atoms with E-state index >= 15 is 0 Å². The van der Waals surface area contributed by atoms with Gasteiger partial charge in [-0.15, -0.1) is 0 Å². The molecular formula is C12H16N2O2S. The zero-order valence-electron chi connectivity index (χ0n) is 9.59. The Morgan fingerprint density at radius 1 is 1.24 bits per heavy atom. The van der Waals surface area contributed by atoms with Crippen LogP contribution in [0.5, 0.6) is 0 Å². The van der Waals surface area contributed by atoms with Crippen LogP contribution in [0.2, 0.25) is 0 Å². The third-order valence-corrected chi connectivity index (χ3v) is 5.63. The lowest BCUT2D eigenvalue weighted by atomic mass is 10.2. The minimum Gasteiger partial charge on any atom is -0.311 e. The maximum atomic E-state index is 12.4. The van der Waals surface area contributed by atoms with Crippen molar-refractivity contribution < 1.29 is 8.42 Å². The first kappa shape index (κ1) is 11.0. The van der Waals surface area contributed by atoms with Crippen LogP contribution in [0.3, 0.4) is 0 Å². The van der Waals surface area contributed by atoms with E-state index in [1.165, 1.54) is 0 Å². The number of hydrogen-bond acceptors (Lipinski definition) is 3. The van der Waals surface area contributed by atoms with Crippen molar-refractivity contribution in [2.75, 3.05) is 17.4 Å². The molecule has 4 nitrogen and oxygen atoms in total. The Labute approximate surface area is 102 Å². The number of para-hydroxylation sites is 1. The van der Waals surface area contributed by atoms with Gasteiger partial charge in [0, 0.05) is 19.6 Å². The summed E-state index contributed by atoms with van der Waals surface area (Å²) in [5.41, 5.74) is 1.92. The average Bonchev–Trinajstić information content (AvgIpc) is 3.15. The minimum absolute atomic E-state index is 0.145. The van der Waals surface area contributed by atoms with Crippen molar-refractivity contribution in [1.29, 1.82) is 0 Å². The molecule has 3 rings (SSSR count). The number of hydrogen-bond donors (Lipinski definition) is 1. The van der Waals surface area contributed by atoms with E-state index in [9.17, 15) is 8.42 Å². The van der Waals surface area contributed by atoms with Gasteiger partial charge in [0.25, 0.3) is 0 Å². The largest absolute Gasteiger partial charge is 0.311 e. The molecule has 1 saturated carbocycles. The van der Waals surface area contributed by atoms with E-state index in [0.717, 1.165) is 30.6 Å². The van der Waals surface area contributed by atoms with E-state index in [2.05, 4.69) is 5.32 Å². The molecule has 0 amide bonds. The summed E-state index contributed by atoms with van der Waals surface area (Å²) >= 11 is 0. The van der Waals surface area contributed by atoms with Crippen LogP contribution >= 0.6 is 0 Å². The third kappa shape index (κ3) is 1.93. The molecule has 1 aromatic rings. The molecule has 0 radical (unpaired) electrons. The first-order valence-electron chi connectivity index (χ1n) is 6.00. The lowest BCUT2D eigenvalue weighted by molar-refractivity contribution is 0.588. The average molecular weight is 252 g/mol. The molecule has 1 aromatic carbocycles. The normalized spacial score (nSPS) is 20.8. The van der Waals surface area contributed by atoms with Crippen LogP contribution in [0, 0.1) is 0 Å². The fraction of sp³-hybridized carbons (Fsp3) is 0.500. The molecule has 0 saturated heterocycles. The smallest absolute Gasteiger partial charge is 0.238 e. The Bertz CT molecular complexity index is 523. The summed E-state index contributed by atoms with van der Waals surface area (Å²) in [6, 6.07) is 7.75. The highest BCUT2D eigenvalue weighted by atomic mass is 32.2. The Morgan fingerprint density at radius 2 is 2.00 bits per heavy atom. The van der Waals surface area contributed by atoms with Gasteiger partial charge in [-0.05, 0) is 24.5 Å². The zero-order chi connectivity index (χ0) is 11.9. The van der Waals surface area contributed by atoms with Gasteiger partial charge in [0.15, 0.2) is 0 Å². The number of fused-ring (bicyclic) bond motifs is 1. The van der Waals surface area contributed by atoms with E-state index in [1.54, 1.807) is 4.31 Å². The van der Waals surface area contributed by atoms with Gasteiger partial charge in [-0.1, -0.05) is 18.2 Å². The van der Waals surface area contributed by atoms with Crippen molar-refractivity contribution in [2.24, 2.45) is 0 Å². The van der Waals surface area contributed by atoms with Gasteiger partial charge in [0.2, 0.25) is 10.0 Å². The summed E-state index contributed by atoms with van der Waals surface area (Å²) in [6.07, 6.45) is 1.63. The second-order valence-corrected chi connectivity index (χ2v) is 6.76. The first-order valence-corrected chi connectivity index (χ1v) is 7.50. The molecule has 17 heavy (non-hydrogen) atoms. The van der Waals surface area contributed by atoms with Crippen molar-refractivity contribution in [3.8, 4) is 0 Å². The Morgan fingerprint density at radius 3 is 2.76 bits per heavy atom. The first-order chi connectivity index (χ1) is 8.19. The molecule has 1 heterocycles. The van der Waals surface area contributed by atoms with E-state index in [0.29, 0.717) is 13.1 Å². The lowest BCUT2D eigenvalue weighted by Crippen LogP contribution is -2.37. The summed E-state index contributed by atoms with van der Waals surface area (Å²) in [5.74, 6) is 0. The van der Waals surface area contributed by atoms with Crippen LogP contribution in [-0.2, 0) is 16.6 Å². The van der Waals surface area contributed by atoms with Crippen molar-refractivity contribution in [2.45, 2.75) is 24.6 Å². The van der Waals surface area contributed by atoms with Gasteiger partial charge >= 0.3 is 0 Å². The molecule has 0 spiro atoms. The van der Waals surface area contributed by atoms with E-state index in [1.807, 2.05) is 24.3 Å². The van der Waals surface area contributed by atoms with Crippen molar-refractivity contribution >= 4 is 15.7 Å². The second-order valence-electron chi connectivity index (χ2n) is 4.62. The molecule has 92 valence electrons. The number of sulfonamides is 1. The van der Waals surface area contributed by atoms with Gasteiger partial charge in [0.05, 0.1) is 10.9 Å². The predicted molar refractivity (Wildman–Crippen MR) is 67.4 cm³/mol. The van der Waals surface area contributed by atoms with Crippen LogP contribution in [0.15, 0.2) is 24.3 Å². The molecule has 1 fully saturated rings. The van der Waals surface area contributed by atoms with Crippen molar-refractivity contribution in [3.63, 3.8) is 0 Å². The van der Waals surface area contributed by atoms with Gasteiger partial charge in [-0.3, -0.25) is 4.31 Å². The van der Waals surface area contributed by atoms with E-state index < -0.39 is 10.0 Å². The molecule has 0 bridgehead atoms. The van der Waals surface area contributed by atoms with Crippen LogP contribution < -0.4 is 9.62 Å². The molecular weight excluding hydrogens is 236 g/mol. The fourth-order valence-electron chi connectivity index (χ4n) is 2.24. The summed E-state index contributed by atoms with van der Waals surface area (Å²) in [4.78, 5) is 0. The molecule has 1 aliphatic heterocycles. The predicted octanol–water partition coefficient (Wildman–Crippen LogP) is 1.09. The quantitative estimate of drug-likeness (QED) is 0.857. The summed E-state index contributed by atoms with van der Waals surface area (Å²) < 4.78 is 26.3. The zero-order valence-corrected chi connectivity index (χ0v) is 10.4. The number of rotatable bonds is 2. The molecule has 5 heteroatoms. The second kappa shape index (κ2) is 3.99. The summed E-state index contributed by atoms with van der Waals surface area (Å²) in [7, 11) is -3.13. The summed E-state index contributed by atoms with van der Waals surface area (Å²) in [5, 5.41) is 3.11. The number of anilines is 1. The number of nitrogens with zero attached hydrogens (tertiary/aromatic N) is 1. The van der Waals surface area contributed by atoms with E-state index in [-0.39, 0.29) is 5.25 Å². The Hall–Kier alpha value is -1.07. The lowest BCUT2D eigenvalue weighted by Gasteiger charge is -2.24. The molecule has 0 aromatic heterocycles. The third-order valence-electron chi connectivity index (χ3n) is 3.32. The maximum Gasteiger partial charge on any atom is 0.238 e. The number of benzene rings is 1. The van der Waals surface area contributed by atoms with Crippen LogP contribution in [0.25, 0.3) is 0 Å². The Balaban J connectivity index is 2.05. The molecule has 0 atom stereocenters. The monoisotopic (exact) mass is 252 g/mol. The highest BCUT2D eigenvalue weighted by Gasteiger charge is 2.40. The van der Waals surface area contributed by atoms with Crippen molar-refractivity contribution in [1.82, 2.24) is 5.32 Å². The van der Waals surface area contributed by atoms with Crippen LogP contribution in [-0.4, -0.2) is 26.8 Å². The number of nitrogens with one attached hydrogen (secondary N) is 1. The van der Waals surface area contributed by atoms with Crippen LogP contribution in [0.4, 0.5) is 5.69 Å². The van der Waals surface area contributed by atoms with Crippen LogP contribution in [0.1, 0.15) is 18.4 Å². The molecule has 0 unspecified atom stereocenters. The fourth-order valence-corrected chi connectivity index (χ4v) is 4.13. The standard InChI is InChI=1S/C12H16N2O2S/c15-17(16,11-5-6-11)14-8-7-13-9-10-3-1-2-4-12(10)14/h1-4,11,13H,5-9H2. The summed E-state index contributed by atoms with van der Waals surface area (Å²) in [6.45, 7) is 1.99. The van der Waals surface area contributed by atoms with Gasteiger partial charge < -0.3 is 5.32 Å². The molecule has 1 aliphatic carbocycles. The maximum absolute atomic E-state index is 12.4. The van der Waals surface area contributed by atoms with E-state index in [4.69, 9.17) is 0 Å². The topological polar surface area (TPSA) is 49.4 Å². The molecule has 2 aliphatic rings. The SMILES string of the molecule is O=S(=O)(C1CC1)N1CCNCc2ccccc21. The van der Waals surface area contributed by atoms with Crippen molar-refractivity contribution in [3.05, 3.63) is 29.8 Å². The molecule has 1 N–H and O–H groups in total. The minimum atomic E-state index is -3.13. The highest BCUT2D eigenvalue weighted by molar-refractivity contribution is 7.93. The van der Waals surface area contributed by atoms with Gasteiger partial charge in [-0.25, -0.2) is 8.42 Å².